The number of benzene rings is 1. The van der Waals surface area contributed by atoms with Crippen LogP contribution in [-0.4, -0.2) is 17.2 Å². The number of nitrogens with zero attached hydrogens (tertiary/aromatic N) is 4. The summed E-state index contributed by atoms with van der Waals surface area (Å²) >= 11 is 0. The summed E-state index contributed by atoms with van der Waals surface area (Å²) in [6.45, 7) is 2.03. The second-order valence-corrected chi connectivity index (χ2v) is 3.77. The molecule has 1 aromatic heterocycles. The second kappa shape index (κ2) is 4.62. The van der Waals surface area contributed by atoms with Crippen molar-refractivity contribution in [3.63, 3.8) is 0 Å². The molecular weight excluding hydrogens is 212 g/mol. The maximum absolute atomic E-state index is 9.01. The highest BCUT2D eigenvalue weighted by atomic mass is 15.2. The summed E-state index contributed by atoms with van der Waals surface area (Å²) in [4.78, 5) is 1.85. The van der Waals surface area contributed by atoms with Gasteiger partial charge in [-0.15, -0.1) is 5.10 Å². The molecule has 84 valence electrons. The minimum Gasteiger partial charge on any atom is -0.327 e. The van der Waals surface area contributed by atoms with Crippen LogP contribution in [0, 0.1) is 18.3 Å². The van der Waals surface area contributed by atoms with Crippen molar-refractivity contribution in [2.75, 3.05) is 11.9 Å². The Balaban J connectivity index is 2.40. The van der Waals surface area contributed by atoms with Crippen LogP contribution in [0.4, 0.5) is 11.5 Å². The molecule has 0 aliphatic rings. The molecule has 4 nitrogen and oxygen atoms in total. The first-order valence-corrected chi connectivity index (χ1v) is 5.24. The Morgan fingerprint density at radius 1 is 1.18 bits per heavy atom. The molecule has 2 rings (SSSR count). The molecule has 0 saturated heterocycles. The van der Waals surface area contributed by atoms with E-state index in [0.29, 0.717) is 11.4 Å². The molecule has 0 atom stereocenters. The summed E-state index contributed by atoms with van der Waals surface area (Å²) in [5.74, 6) is 0.568. The molecule has 0 bridgehead atoms. The number of aromatic nitrogens is 2. The zero-order chi connectivity index (χ0) is 12.3. The largest absolute Gasteiger partial charge is 0.327 e. The summed E-state index contributed by atoms with van der Waals surface area (Å²) in [7, 11) is 1.87. The molecule has 0 radical (unpaired) electrons. The molecule has 2 aromatic rings. The van der Waals surface area contributed by atoms with Crippen LogP contribution in [0.15, 0.2) is 36.5 Å². The normalized spacial score (nSPS) is 9.71. The summed E-state index contributed by atoms with van der Waals surface area (Å²) in [6, 6.07) is 11.8. The SMILES string of the molecule is Cc1ccc(N(C)c2nnccc2C#N)cc1. The van der Waals surface area contributed by atoms with E-state index in [1.165, 1.54) is 11.8 Å². The van der Waals surface area contributed by atoms with E-state index in [0.717, 1.165) is 5.69 Å². The number of hydrogen-bond acceptors (Lipinski definition) is 4. The lowest BCUT2D eigenvalue weighted by molar-refractivity contribution is 0.981. The van der Waals surface area contributed by atoms with Gasteiger partial charge in [0.25, 0.3) is 0 Å². The molecule has 4 heteroatoms. The molecule has 0 N–H and O–H groups in total. The molecule has 1 heterocycles. The van der Waals surface area contributed by atoms with Gasteiger partial charge in [0.15, 0.2) is 5.82 Å². The van der Waals surface area contributed by atoms with Crippen molar-refractivity contribution < 1.29 is 0 Å². The number of nitriles is 1. The zero-order valence-electron chi connectivity index (χ0n) is 9.75. The van der Waals surface area contributed by atoms with E-state index < -0.39 is 0 Å². The zero-order valence-corrected chi connectivity index (χ0v) is 9.75. The van der Waals surface area contributed by atoms with Gasteiger partial charge in [0, 0.05) is 12.7 Å². The second-order valence-electron chi connectivity index (χ2n) is 3.77. The number of aryl methyl sites for hydroxylation is 1. The Labute approximate surface area is 100 Å². The molecule has 0 unspecified atom stereocenters. The fourth-order valence-corrected chi connectivity index (χ4v) is 1.55. The Hall–Kier alpha value is -2.41. The van der Waals surface area contributed by atoms with Crippen molar-refractivity contribution in [1.82, 2.24) is 10.2 Å². The Bertz CT molecular complexity index is 554. The highest BCUT2D eigenvalue weighted by Gasteiger charge is 2.10. The number of anilines is 2. The van der Waals surface area contributed by atoms with E-state index in [2.05, 4.69) is 16.3 Å². The van der Waals surface area contributed by atoms with E-state index in [9.17, 15) is 0 Å². The third kappa shape index (κ3) is 2.23. The maximum atomic E-state index is 9.01. The number of rotatable bonds is 2. The van der Waals surface area contributed by atoms with Crippen molar-refractivity contribution in [2.45, 2.75) is 6.92 Å². The predicted molar refractivity (Wildman–Crippen MR) is 66.0 cm³/mol. The van der Waals surface area contributed by atoms with Gasteiger partial charge in [-0.1, -0.05) is 17.7 Å². The highest BCUT2D eigenvalue weighted by Crippen LogP contribution is 2.23. The molecule has 0 amide bonds. The van der Waals surface area contributed by atoms with E-state index in [1.54, 1.807) is 6.07 Å². The fraction of sp³-hybridized carbons (Fsp3) is 0.154. The Morgan fingerprint density at radius 2 is 1.88 bits per heavy atom. The summed E-state index contributed by atoms with van der Waals surface area (Å²) < 4.78 is 0. The molecule has 0 aliphatic heterocycles. The summed E-state index contributed by atoms with van der Waals surface area (Å²) in [6.07, 6.45) is 1.52. The first kappa shape index (κ1) is 11.1. The first-order chi connectivity index (χ1) is 8.22. The van der Waals surface area contributed by atoms with Crippen molar-refractivity contribution in [1.29, 1.82) is 5.26 Å². The Kier molecular flexibility index (Phi) is 3.01. The lowest BCUT2D eigenvalue weighted by Gasteiger charge is -2.18. The lowest BCUT2D eigenvalue weighted by atomic mass is 10.2. The van der Waals surface area contributed by atoms with Crippen LogP contribution in [0.5, 0.6) is 0 Å². The van der Waals surface area contributed by atoms with Crippen LogP contribution >= 0.6 is 0 Å². The average molecular weight is 224 g/mol. The van der Waals surface area contributed by atoms with Crippen LogP contribution in [0.2, 0.25) is 0 Å². The first-order valence-electron chi connectivity index (χ1n) is 5.24. The van der Waals surface area contributed by atoms with E-state index in [-0.39, 0.29) is 0 Å². The van der Waals surface area contributed by atoms with Crippen molar-refractivity contribution in [2.24, 2.45) is 0 Å². The third-order valence-corrected chi connectivity index (χ3v) is 2.56. The van der Waals surface area contributed by atoms with E-state index in [4.69, 9.17) is 5.26 Å². The van der Waals surface area contributed by atoms with Crippen molar-refractivity contribution in [3.8, 4) is 6.07 Å². The van der Waals surface area contributed by atoms with Crippen LogP contribution < -0.4 is 4.90 Å². The van der Waals surface area contributed by atoms with Crippen LogP contribution in [0.3, 0.4) is 0 Å². The highest BCUT2D eigenvalue weighted by molar-refractivity contribution is 5.64. The van der Waals surface area contributed by atoms with E-state index in [1.807, 2.05) is 43.1 Å². The van der Waals surface area contributed by atoms with E-state index >= 15 is 0 Å². The molecular formula is C13H12N4. The topological polar surface area (TPSA) is 52.8 Å². The smallest absolute Gasteiger partial charge is 0.173 e. The predicted octanol–water partition coefficient (Wildman–Crippen LogP) is 2.42. The fourth-order valence-electron chi connectivity index (χ4n) is 1.55. The van der Waals surface area contributed by atoms with Gasteiger partial charge < -0.3 is 4.90 Å². The third-order valence-electron chi connectivity index (χ3n) is 2.56. The summed E-state index contributed by atoms with van der Waals surface area (Å²) in [5, 5.41) is 16.8. The molecule has 1 aromatic carbocycles. The maximum Gasteiger partial charge on any atom is 0.173 e. The summed E-state index contributed by atoms with van der Waals surface area (Å²) in [5.41, 5.74) is 2.69. The minimum absolute atomic E-state index is 0.517. The lowest BCUT2D eigenvalue weighted by Crippen LogP contribution is -2.13. The van der Waals surface area contributed by atoms with Gasteiger partial charge in [-0.3, -0.25) is 0 Å². The molecule has 0 fully saturated rings. The van der Waals surface area contributed by atoms with Gasteiger partial charge in [-0.2, -0.15) is 10.4 Å². The van der Waals surface area contributed by atoms with Crippen LogP contribution in [0.25, 0.3) is 0 Å². The van der Waals surface area contributed by atoms with Gasteiger partial charge in [0.1, 0.15) is 6.07 Å². The van der Waals surface area contributed by atoms with Gasteiger partial charge >= 0.3 is 0 Å². The standard InChI is InChI=1S/C13H12N4/c1-10-3-5-12(6-4-10)17(2)13-11(9-14)7-8-15-16-13/h3-8H,1-2H3. The monoisotopic (exact) mass is 224 g/mol. The quantitative estimate of drug-likeness (QED) is 0.786. The van der Waals surface area contributed by atoms with Gasteiger partial charge in [0.2, 0.25) is 0 Å². The number of hydrogen-bond donors (Lipinski definition) is 0. The van der Waals surface area contributed by atoms with Crippen LogP contribution in [0.1, 0.15) is 11.1 Å². The van der Waals surface area contributed by atoms with Crippen LogP contribution in [-0.2, 0) is 0 Å². The molecule has 0 aliphatic carbocycles. The molecule has 17 heavy (non-hydrogen) atoms. The van der Waals surface area contributed by atoms with Gasteiger partial charge in [0.05, 0.1) is 11.8 Å². The molecule has 0 spiro atoms. The Morgan fingerprint density at radius 3 is 2.53 bits per heavy atom. The van der Waals surface area contributed by atoms with Gasteiger partial charge in [-0.05, 0) is 25.1 Å². The average Bonchev–Trinajstić information content (AvgIpc) is 2.39. The van der Waals surface area contributed by atoms with Crippen molar-refractivity contribution in [3.05, 3.63) is 47.7 Å². The van der Waals surface area contributed by atoms with Crippen molar-refractivity contribution >= 4 is 11.5 Å². The van der Waals surface area contributed by atoms with Gasteiger partial charge in [-0.25, -0.2) is 0 Å². The minimum atomic E-state index is 0.517. The molecule has 0 saturated carbocycles.